The molecule has 0 spiro atoms. The Hall–Kier alpha value is -2.60. The molecule has 1 aliphatic rings. The maximum Gasteiger partial charge on any atom is 0.341 e. The highest BCUT2D eigenvalue weighted by molar-refractivity contribution is 7.99. The summed E-state index contributed by atoms with van der Waals surface area (Å²) in [7, 11) is 0. The molecule has 0 saturated carbocycles. The first kappa shape index (κ1) is 16.8. The van der Waals surface area contributed by atoms with Crippen molar-refractivity contribution in [2.75, 3.05) is 12.4 Å². The van der Waals surface area contributed by atoms with Crippen LogP contribution in [0.3, 0.4) is 0 Å². The Kier molecular flexibility index (Phi) is 4.51. The number of carbonyl (C=O) groups excluding carboxylic acids is 1. The molecule has 0 N–H and O–H groups in total. The van der Waals surface area contributed by atoms with Crippen molar-refractivity contribution in [3.8, 4) is 22.4 Å². The molecule has 3 aromatic rings. The zero-order valence-electron chi connectivity index (χ0n) is 14.2. The summed E-state index contributed by atoms with van der Waals surface area (Å²) in [4.78, 5) is 16.9. The van der Waals surface area contributed by atoms with Gasteiger partial charge in [0, 0.05) is 30.3 Å². The first-order chi connectivity index (χ1) is 12.7. The molecule has 0 fully saturated rings. The van der Waals surface area contributed by atoms with E-state index in [-0.39, 0.29) is 11.8 Å². The minimum absolute atomic E-state index is 0.297. The highest BCUT2D eigenvalue weighted by atomic mass is 32.2. The van der Waals surface area contributed by atoms with Crippen molar-refractivity contribution >= 4 is 17.7 Å². The molecule has 4 rings (SSSR count). The Labute approximate surface area is 155 Å². The molecule has 0 saturated heterocycles. The van der Waals surface area contributed by atoms with E-state index in [0.717, 1.165) is 39.7 Å². The third kappa shape index (κ3) is 2.80. The van der Waals surface area contributed by atoms with Crippen LogP contribution in [0.1, 0.15) is 17.3 Å². The second-order valence-corrected chi connectivity index (χ2v) is 6.95. The normalized spacial score (nSPS) is 12.8. The minimum atomic E-state index is -0.360. The van der Waals surface area contributed by atoms with Crippen LogP contribution in [0.2, 0.25) is 0 Å². The van der Waals surface area contributed by atoms with Crippen LogP contribution in [0.4, 0.5) is 4.39 Å². The second kappa shape index (κ2) is 6.96. The van der Waals surface area contributed by atoms with Gasteiger partial charge < -0.3 is 9.30 Å². The fourth-order valence-corrected chi connectivity index (χ4v) is 4.46. The molecule has 1 aromatic carbocycles. The van der Waals surface area contributed by atoms with E-state index in [1.165, 1.54) is 12.1 Å². The van der Waals surface area contributed by atoms with Crippen molar-refractivity contribution in [3.63, 3.8) is 0 Å². The number of nitrogens with zero attached hydrogens (tertiary/aromatic N) is 2. The van der Waals surface area contributed by atoms with E-state index in [4.69, 9.17) is 4.74 Å². The molecule has 132 valence electrons. The minimum Gasteiger partial charge on any atom is -0.462 e. The number of aromatic nitrogens is 2. The van der Waals surface area contributed by atoms with E-state index in [2.05, 4.69) is 9.55 Å². The predicted molar refractivity (Wildman–Crippen MR) is 99.7 cm³/mol. The Balaban J connectivity index is 2.01. The number of hydrogen-bond acceptors (Lipinski definition) is 4. The van der Waals surface area contributed by atoms with Gasteiger partial charge in [-0.25, -0.2) is 9.18 Å². The van der Waals surface area contributed by atoms with Crippen molar-refractivity contribution in [3.05, 3.63) is 60.2 Å². The van der Waals surface area contributed by atoms with Crippen LogP contribution in [-0.4, -0.2) is 27.9 Å². The average Bonchev–Trinajstić information content (AvgIpc) is 3.23. The fourth-order valence-electron chi connectivity index (χ4n) is 3.29. The lowest BCUT2D eigenvalue weighted by Gasteiger charge is -2.10. The zero-order chi connectivity index (χ0) is 18.1. The largest absolute Gasteiger partial charge is 0.462 e. The smallest absolute Gasteiger partial charge is 0.341 e. The lowest BCUT2D eigenvalue weighted by Crippen LogP contribution is -2.08. The van der Waals surface area contributed by atoms with Crippen LogP contribution < -0.4 is 0 Å². The number of ether oxygens (including phenoxy) is 1. The quantitative estimate of drug-likeness (QED) is 0.630. The van der Waals surface area contributed by atoms with Gasteiger partial charge in [-0.3, -0.25) is 4.98 Å². The summed E-state index contributed by atoms with van der Waals surface area (Å²) in [5.41, 5.74) is 3.92. The van der Waals surface area contributed by atoms with Gasteiger partial charge in [0.2, 0.25) is 0 Å². The average molecular weight is 368 g/mol. The van der Waals surface area contributed by atoms with Gasteiger partial charge in [-0.1, -0.05) is 0 Å². The molecule has 3 heterocycles. The summed E-state index contributed by atoms with van der Waals surface area (Å²) in [5.74, 6) is 0.273. The van der Waals surface area contributed by atoms with Gasteiger partial charge in [-0.15, -0.1) is 11.8 Å². The van der Waals surface area contributed by atoms with Gasteiger partial charge in [0.25, 0.3) is 0 Å². The van der Waals surface area contributed by atoms with E-state index in [0.29, 0.717) is 12.2 Å². The molecule has 0 amide bonds. The molecule has 0 unspecified atom stereocenters. The highest BCUT2D eigenvalue weighted by Crippen LogP contribution is 2.46. The molecule has 2 aromatic heterocycles. The van der Waals surface area contributed by atoms with Crippen LogP contribution in [0, 0.1) is 5.82 Å². The van der Waals surface area contributed by atoms with Crippen molar-refractivity contribution < 1.29 is 13.9 Å². The summed E-state index contributed by atoms with van der Waals surface area (Å²) in [5, 5.41) is 1.04. The molecular formula is C20H17FN2O2S. The molecule has 6 heteroatoms. The number of halogens is 1. The Bertz CT molecular complexity index is 952. The third-order valence-corrected chi connectivity index (χ3v) is 5.42. The monoisotopic (exact) mass is 368 g/mol. The van der Waals surface area contributed by atoms with Crippen LogP contribution in [-0.2, 0) is 11.3 Å². The van der Waals surface area contributed by atoms with E-state index in [1.807, 2.05) is 12.1 Å². The number of benzene rings is 1. The Morgan fingerprint density at radius 1 is 1.19 bits per heavy atom. The topological polar surface area (TPSA) is 44.1 Å². The molecule has 0 radical (unpaired) electrons. The summed E-state index contributed by atoms with van der Waals surface area (Å²) in [6, 6.07) is 10.0. The van der Waals surface area contributed by atoms with Crippen LogP contribution in [0.15, 0.2) is 53.8 Å². The van der Waals surface area contributed by atoms with E-state index >= 15 is 0 Å². The molecule has 0 bridgehead atoms. The maximum atomic E-state index is 13.4. The fraction of sp³-hybridized carbons (Fsp3) is 0.200. The SMILES string of the molecule is CCOC(=O)c1c(-c2ccncc2)c2n(c1-c1ccc(F)cc1)CCS2. The summed E-state index contributed by atoms with van der Waals surface area (Å²) in [6.07, 6.45) is 3.43. The first-order valence-electron chi connectivity index (χ1n) is 8.43. The molecule has 26 heavy (non-hydrogen) atoms. The highest BCUT2D eigenvalue weighted by Gasteiger charge is 2.32. The maximum absolute atomic E-state index is 13.4. The standard InChI is InChI=1S/C20H17FN2O2S/c1-2-25-20(24)17-16(13-7-9-22-10-8-13)19-23(11-12-26-19)18(17)14-3-5-15(21)6-4-14/h3-10H,2,11-12H2,1H3. The Morgan fingerprint density at radius 3 is 2.62 bits per heavy atom. The molecule has 4 nitrogen and oxygen atoms in total. The van der Waals surface area contributed by atoms with Gasteiger partial charge in [-0.2, -0.15) is 0 Å². The summed E-state index contributed by atoms with van der Waals surface area (Å²) < 4.78 is 20.9. The van der Waals surface area contributed by atoms with Crippen molar-refractivity contribution in [1.29, 1.82) is 0 Å². The van der Waals surface area contributed by atoms with Gasteiger partial charge in [0.1, 0.15) is 5.82 Å². The number of esters is 1. The van der Waals surface area contributed by atoms with E-state index < -0.39 is 0 Å². The number of fused-ring (bicyclic) bond motifs is 1. The Morgan fingerprint density at radius 2 is 1.92 bits per heavy atom. The lowest BCUT2D eigenvalue weighted by atomic mass is 10.0. The molecule has 1 aliphatic heterocycles. The van der Waals surface area contributed by atoms with E-state index in [9.17, 15) is 9.18 Å². The first-order valence-corrected chi connectivity index (χ1v) is 9.42. The molecule has 0 aliphatic carbocycles. The van der Waals surface area contributed by atoms with Crippen molar-refractivity contribution in [2.45, 2.75) is 18.5 Å². The number of pyridine rings is 1. The van der Waals surface area contributed by atoms with Crippen LogP contribution in [0.25, 0.3) is 22.4 Å². The van der Waals surface area contributed by atoms with Gasteiger partial charge in [0.15, 0.2) is 0 Å². The molecular weight excluding hydrogens is 351 g/mol. The number of hydrogen-bond donors (Lipinski definition) is 0. The van der Waals surface area contributed by atoms with Crippen molar-refractivity contribution in [2.24, 2.45) is 0 Å². The summed E-state index contributed by atoms with van der Waals surface area (Å²) in [6.45, 7) is 2.88. The van der Waals surface area contributed by atoms with Gasteiger partial charge in [0.05, 0.1) is 22.9 Å². The van der Waals surface area contributed by atoms with Gasteiger partial charge >= 0.3 is 5.97 Å². The second-order valence-electron chi connectivity index (χ2n) is 5.87. The number of carbonyl (C=O) groups is 1. The number of rotatable bonds is 4. The lowest BCUT2D eigenvalue weighted by molar-refractivity contribution is 0.0528. The predicted octanol–water partition coefficient (Wildman–Crippen LogP) is 4.64. The van der Waals surface area contributed by atoms with Crippen molar-refractivity contribution in [1.82, 2.24) is 9.55 Å². The third-order valence-electron chi connectivity index (χ3n) is 4.34. The summed E-state index contributed by atoms with van der Waals surface area (Å²) >= 11 is 1.72. The van der Waals surface area contributed by atoms with Crippen LogP contribution in [0.5, 0.6) is 0 Å². The van der Waals surface area contributed by atoms with Crippen LogP contribution >= 0.6 is 11.8 Å². The zero-order valence-corrected chi connectivity index (χ0v) is 15.1. The van der Waals surface area contributed by atoms with E-state index in [1.54, 1.807) is 43.2 Å². The molecule has 0 atom stereocenters. The number of thioether (sulfide) groups is 1. The van der Waals surface area contributed by atoms with Gasteiger partial charge in [-0.05, 0) is 54.4 Å².